The molecule has 0 radical (unpaired) electrons. The van der Waals surface area contributed by atoms with Gasteiger partial charge in [-0.3, -0.25) is 19.7 Å². The summed E-state index contributed by atoms with van der Waals surface area (Å²) in [7, 11) is 0. The van der Waals surface area contributed by atoms with E-state index in [1.165, 1.54) is 0 Å². The number of carbonyl (C=O) groups is 3. The van der Waals surface area contributed by atoms with E-state index in [9.17, 15) is 14.4 Å². The Morgan fingerprint density at radius 3 is 2.16 bits per heavy atom. The van der Waals surface area contributed by atoms with Crippen molar-refractivity contribution in [3.8, 4) is 0 Å². The third-order valence-corrected chi connectivity index (χ3v) is 4.93. The van der Waals surface area contributed by atoms with Crippen LogP contribution in [-0.4, -0.2) is 29.6 Å². The number of Topliss-reactive ketones (excluding diaryl/α,β-unsaturated/α-hetero) is 2. The zero-order valence-corrected chi connectivity index (χ0v) is 15.0. The fourth-order valence-corrected chi connectivity index (χ4v) is 3.46. The van der Waals surface area contributed by atoms with E-state index in [1.54, 1.807) is 24.3 Å². The maximum Gasteiger partial charge on any atom is 0.234 e. The second kappa shape index (κ2) is 8.90. The molecule has 1 amide bonds. The zero-order valence-electron chi connectivity index (χ0n) is 15.0. The molecular weight excluding hydrogens is 316 g/mol. The molecule has 5 nitrogen and oxygen atoms in total. The fraction of sp³-hybridized carbons (Fsp3) is 0.550. The Hall–Kier alpha value is -2.01. The van der Waals surface area contributed by atoms with Crippen LogP contribution >= 0.6 is 0 Å². The molecule has 2 rings (SSSR count). The van der Waals surface area contributed by atoms with Crippen LogP contribution in [0.25, 0.3) is 0 Å². The summed E-state index contributed by atoms with van der Waals surface area (Å²) in [5.74, 6) is -1.18. The minimum Gasteiger partial charge on any atom is -0.368 e. The van der Waals surface area contributed by atoms with E-state index in [2.05, 4.69) is 5.32 Å². The van der Waals surface area contributed by atoms with Crippen LogP contribution in [0.1, 0.15) is 56.3 Å². The fourth-order valence-electron chi connectivity index (χ4n) is 3.46. The highest BCUT2D eigenvalue weighted by Gasteiger charge is 2.36. The summed E-state index contributed by atoms with van der Waals surface area (Å²) in [6.07, 6.45) is 4.76. The molecule has 0 bridgehead atoms. The van der Waals surface area contributed by atoms with Gasteiger partial charge in [-0.15, -0.1) is 0 Å². The summed E-state index contributed by atoms with van der Waals surface area (Å²) in [5.41, 5.74) is 5.95. The van der Waals surface area contributed by atoms with Gasteiger partial charge >= 0.3 is 0 Å². The van der Waals surface area contributed by atoms with Gasteiger partial charge in [-0.05, 0) is 18.8 Å². The SMILES string of the molecule is CC(C)C(NC(C(=O)c1ccccc1)C(=O)C1CCCCC1)C(N)=O. The number of hydrogen-bond acceptors (Lipinski definition) is 4. The molecule has 1 aliphatic carbocycles. The summed E-state index contributed by atoms with van der Waals surface area (Å²) in [5, 5.41) is 2.97. The smallest absolute Gasteiger partial charge is 0.234 e. The third kappa shape index (κ3) is 4.98. The highest BCUT2D eigenvalue weighted by atomic mass is 16.2. The van der Waals surface area contributed by atoms with Gasteiger partial charge in [0.2, 0.25) is 5.91 Å². The maximum absolute atomic E-state index is 13.1. The number of rotatable bonds is 8. The van der Waals surface area contributed by atoms with Crippen molar-refractivity contribution < 1.29 is 14.4 Å². The van der Waals surface area contributed by atoms with Crippen molar-refractivity contribution in [2.75, 3.05) is 0 Å². The van der Waals surface area contributed by atoms with Crippen LogP contribution in [0.3, 0.4) is 0 Å². The molecule has 1 aromatic rings. The van der Waals surface area contributed by atoms with Gasteiger partial charge < -0.3 is 5.73 Å². The van der Waals surface area contributed by atoms with E-state index < -0.39 is 18.0 Å². The first-order valence-electron chi connectivity index (χ1n) is 9.10. The Morgan fingerprint density at radius 1 is 1.04 bits per heavy atom. The van der Waals surface area contributed by atoms with Gasteiger partial charge in [-0.25, -0.2) is 0 Å². The van der Waals surface area contributed by atoms with Crippen molar-refractivity contribution >= 4 is 17.5 Å². The molecule has 0 aromatic heterocycles. The Kier molecular flexibility index (Phi) is 6.88. The average molecular weight is 344 g/mol. The van der Waals surface area contributed by atoms with Gasteiger partial charge in [-0.2, -0.15) is 0 Å². The van der Waals surface area contributed by atoms with Crippen molar-refractivity contribution in [3.63, 3.8) is 0 Å². The molecule has 0 saturated heterocycles. The molecule has 1 aliphatic rings. The normalized spacial score (nSPS) is 17.9. The Balaban J connectivity index is 2.28. The number of ketones is 2. The molecule has 136 valence electrons. The van der Waals surface area contributed by atoms with E-state index in [0.29, 0.717) is 5.56 Å². The lowest BCUT2D eigenvalue weighted by atomic mass is 9.81. The minimum atomic E-state index is -1.02. The van der Waals surface area contributed by atoms with Gasteiger partial charge in [0.1, 0.15) is 6.04 Å². The lowest BCUT2D eigenvalue weighted by Crippen LogP contribution is -2.56. The summed E-state index contributed by atoms with van der Waals surface area (Å²) >= 11 is 0. The predicted octanol–water partition coefficient (Wildman–Crippen LogP) is 2.49. The van der Waals surface area contributed by atoms with Crippen LogP contribution in [0.4, 0.5) is 0 Å². The van der Waals surface area contributed by atoms with Crippen molar-refractivity contribution in [2.45, 2.75) is 58.0 Å². The number of primary amides is 1. The summed E-state index contributed by atoms with van der Waals surface area (Å²) in [6.45, 7) is 3.69. The zero-order chi connectivity index (χ0) is 18.4. The highest BCUT2D eigenvalue weighted by molar-refractivity contribution is 6.15. The first kappa shape index (κ1) is 19.3. The highest BCUT2D eigenvalue weighted by Crippen LogP contribution is 2.26. The number of nitrogens with one attached hydrogen (secondary N) is 1. The van der Waals surface area contributed by atoms with Crippen LogP contribution < -0.4 is 11.1 Å². The van der Waals surface area contributed by atoms with Gasteiger partial charge in [-0.1, -0.05) is 63.4 Å². The molecular formula is C20H28N2O3. The van der Waals surface area contributed by atoms with E-state index in [0.717, 1.165) is 32.1 Å². The number of hydrogen-bond donors (Lipinski definition) is 2. The molecule has 3 N–H and O–H groups in total. The molecule has 0 spiro atoms. The summed E-state index contributed by atoms with van der Waals surface area (Å²) in [6, 6.07) is 7.00. The van der Waals surface area contributed by atoms with Gasteiger partial charge in [0.05, 0.1) is 6.04 Å². The van der Waals surface area contributed by atoms with E-state index >= 15 is 0 Å². The van der Waals surface area contributed by atoms with E-state index in [-0.39, 0.29) is 23.4 Å². The van der Waals surface area contributed by atoms with Crippen molar-refractivity contribution in [3.05, 3.63) is 35.9 Å². The molecule has 1 fully saturated rings. The van der Waals surface area contributed by atoms with Crippen molar-refractivity contribution in [1.82, 2.24) is 5.32 Å². The largest absolute Gasteiger partial charge is 0.368 e. The van der Waals surface area contributed by atoms with Gasteiger partial charge in [0.25, 0.3) is 0 Å². The second-order valence-corrected chi connectivity index (χ2v) is 7.19. The van der Waals surface area contributed by atoms with Crippen LogP contribution in [0, 0.1) is 11.8 Å². The molecule has 5 heteroatoms. The monoisotopic (exact) mass is 344 g/mol. The quantitative estimate of drug-likeness (QED) is 0.560. The van der Waals surface area contributed by atoms with Crippen LogP contribution in [0.2, 0.25) is 0 Å². The number of carbonyl (C=O) groups excluding carboxylic acids is 3. The molecule has 0 aliphatic heterocycles. The molecule has 1 aromatic carbocycles. The Labute approximate surface area is 149 Å². The van der Waals surface area contributed by atoms with Gasteiger partial charge in [0.15, 0.2) is 11.6 Å². The number of amides is 1. The van der Waals surface area contributed by atoms with E-state index in [4.69, 9.17) is 5.73 Å². The standard InChI is InChI=1S/C20H28N2O3/c1-13(2)16(20(21)25)22-17(18(23)14-9-5-3-6-10-14)19(24)15-11-7-4-8-12-15/h3,5-6,9-10,13,15-17,22H,4,7-8,11-12H2,1-2H3,(H2,21,25). The maximum atomic E-state index is 13.1. The molecule has 2 atom stereocenters. The van der Waals surface area contributed by atoms with E-state index in [1.807, 2.05) is 19.9 Å². The predicted molar refractivity (Wildman–Crippen MR) is 97.1 cm³/mol. The minimum absolute atomic E-state index is 0.109. The first-order valence-corrected chi connectivity index (χ1v) is 9.10. The van der Waals surface area contributed by atoms with Crippen molar-refractivity contribution in [1.29, 1.82) is 0 Å². The van der Waals surface area contributed by atoms with Crippen LogP contribution in [-0.2, 0) is 9.59 Å². The second-order valence-electron chi connectivity index (χ2n) is 7.19. The molecule has 0 heterocycles. The Bertz CT molecular complexity index is 607. The van der Waals surface area contributed by atoms with Gasteiger partial charge in [0, 0.05) is 11.5 Å². The molecule has 2 unspecified atom stereocenters. The third-order valence-electron chi connectivity index (χ3n) is 4.93. The Morgan fingerprint density at radius 2 is 1.64 bits per heavy atom. The first-order chi connectivity index (χ1) is 11.9. The lowest BCUT2D eigenvalue weighted by molar-refractivity contribution is -0.126. The lowest BCUT2D eigenvalue weighted by Gasteiger charge is -2.29. The summed E-state index contributed by atoms with van der Waals surface area (Å²) in [4.78, 5) is 37.8. The number of nitrogens with two attached hydrogens (primary N) is 1. The van der Waals surface area contributed by atoms with Crippen LogP contribution in [0.5, 0.6) is 0 Å². The topological polar surface area (TPSA) is 89.3 Å². The molecule has 1 saturated carbocycles. The van der Waals surface area contributed by atoms with Crippen LogP contribution in [0.15, 0.2) is 30.3 Å². The average Bonchev–Trinajstić information content (AvgIpc) is 2.62. The summed E-state index contributed by atoms with van der Waals surface area (Å²) < 4.78 is 0. The van der Waals surface area contributed by atoms with Crippen molar-refractivity contribution in [2.24, 2.45) is 17.6 Å². The molecule has 25 heavy (non-hydrogen) atoms. The number of benzene rings is 1.